The van der Waals surface area contributed by atoms with Gasteiger partial charge < -0.3 is 4.57 Å². The number of hydrogen-bond acceptors (Lipinski definition) is 0. The molecule has 0 saturated heterocycles. The SMILES string of the molecule is C=C/C=C(\C)n1c2c(c3cccc(-c4ccc5c(c4)-c4ccccc4C5)c31)C=CCC2. The summed E-state index contributed by atoms with van der Waals surface area (Å²) in [7, 11) is 0. The summed E-state index contributed by atoms with van der Waals surface area (Å²) < 4.78 is 2.46. The van der Waals surface area contributed by atoms with Crippen LogP contribution in [0.5, 0.6) is 0 Å². The van der Waals surface area contributed by atoms with Gasteiger partial charge in [-0.05, 0) is 66.1 Å². The van der Waals surface area contributed by atoms with E-state index in [0.717, 1.165) is 19.3 Å². The first-order chi connectivity index (χ1) is 15.3. The van der Waals surface area contributed by atoms with Crippen molar-refractivity contribution in [2.75, 3.05) is 0 Å². The second kappa shape index (κ2) is 6.99. The highest BCUT2D eigenvalue weighted by molar-refractivity contribution is 6.03. The average molecular weight is 400 g/mol. The monoisotopic (exact) mass is 399 g/mol. The Balaban J connectivity index is 1.64. The Bertz CT molecular complexity index is 1420. The maximum Gasteiger partial charge on any atom is 0.0612 e. The van der Waals surface area contributed by atoms with Crippen LogP contribution in [0.3, 0.4) is 0 Å². The summed E-state index contributed by atoms with van der Waals surface area (Å²) in [6, 6.07) is 22.6. The number of fused-ring (bicyclic) bond motifs is 6. The van der Waals surface area contributed by atoms with Gasteiger partial charge in [0.15, 0.2) is 0 Å². The summed E-state index contributed by atoms with van der Waals surface area (Å²) in [5.41, 5.74) is 13.5. The fraction of sp³-hybridized carbons (Fsp3) is 0.133. The van der Waals surface area contributed by atoms with Crippen LogP contribution in [0.2, 0.25) is 0 Å². The first kappa shape index (κ1) is 18.2. The maximum atomic E-state index is 3.94. The lowest BCUT2D eigenvalue weighted by Crippen LogP contribution is -2.03. The molecule has 1 heteroatoms. The van der Waals surface area contributed by atoms with Crippen LogP contribution in [0.25, 0.3) is 44.9 Å². The van der Waals surface area contributed by atoms with Gasteiger partial charge >= 0.3 is 0 Å². The molecule has 0 aliphatic heterocycles. The Morgan fingerprint density at radius 3 is 2.68 bits per heavy atom. The molecule has 0 bridgehead atoms. The van der Waals surface area contributed by atoms with Crippen LogP contribution in [0, 0.1) is 0 Å². The van der Waals surface area contributed by atoms with E-state index in [0.29, 0.717) is 0 Å². The molecule has 0 saturated carbocycles. The number of hydrogen-bond donors (Lipinski definition) is 0. The molecular formula is C30H25N. The summed E-state index contributed by atoms with van der Waals surface area (Å²) >= 11 is 0. The summed E-state index contributed by atoms with van der Waals surface area (Å²) in [5, 5.41) is 1.33. The third-order valence-electron chi connectivity index (χ3n) is 6.78. The predicted octanol–water partition coefficient (Wildman–Crippen LogP) is 7.89. The van der Waals surface area contributed by atoms with E-state index in [1.54, 1.807) is 0 Å². The molecule has 2 aliphatic carbocycles. The zero-order valence-electron chi connectivity index (χ0n) is 17.9. The molecule has 0 amide bonds. The second-order valence-corrected chi connectivity index (χ2v) is 8.59. The molecule has 31 heavy (non-hydrogen) atoms. The van der Waals surface area contributed by atoms with E-state index in [4.69, 9.17) is 0 Å². The zero-order chi connectivity index (χ0) is 20.9. The third kappa shape index (κ3) is 2.70. The van der Waals surface area contributed by atoms with Crippen LogP contribution in [-0.4, -0.2) is 4.57 Å². The van der Waals surface area contributed by atoms with Gasteiger partial charge in [0.1, 0.15) is 0 Å². The maximum absolute atomic E-state index is 3.94. The summed E-state index contributed by atoms with van der Waals surface area (Å²) in [5.74, 6) is 0. The van der Waals surface area contributed by atoms with E-state index in [9.17, 15) is 0 Å². The highest BCUT2D eigenvalue weighted by atomic mass is 15.0. The molecule has 0 N–H and O–H groups in total. The van der Waals surface area contributed by atoms with Crippen LogP contribution in [0.1, 0.15) is 35.7 Å². The van der Waals surface area contributed by atoms with E-state index in [-0.39, 0.29) is 0 Å². The van der Waals surface area contributed by atoms with Gasteiger partial charge in [0.05, 0.1) is 5.52 Å². The number of allylic oxidation sites excluding steroid dienone is 4. The van der Waals surface area contributed by atoms with Gasteiger partial charge in [-0.1, -0.05) is 79.4 Å². The van der Waals surface area contributed by atoms with E-state index in [2.05, 4.69) is 97.0 Å². The fourth-order valence-corrected chi connectivity index (χ4v) is 5.42. The molecule has 1 heterocycles. The van der Waals surface area contributed by atoms with Gasteiger partial charge in [0, 0.05) is 27.9 Å². The Morgan fingerprint density at radius 2 is 1.77 bits per heavy atom. The van der Waals surface area contributed by atoms with Gasteiger partial charge in [0.2, 0.25) is 0 Å². The summed E-state index contributed by atoms with van der Waals surface area (Å²) in [6.07, 6.45) is 11.8. The molecule has 0 radical (unpaired) electrons. The van der Waals surface area contributed by atoms with Gasteiger partial charge in [-0.15, -0.1) is 0 Å². The fourth-order valence-electron chi connectivity index (χ4n) is 5.42. The van der Waals surface area contributed by atoms with Crippen molar-refractivity contribution >= 4 is 22.7 Å². The molecular weight excluding hydrogens is 374 g/mol. The minimum absolute atomic E-state index is 1.03. The Morgan fingerprint density at radius 1 is 0.935 bits per heavy atom. The van der Waals surface area contributed by atoms with E-state index in [1.165, 1.54) is 61.2 Å². The lowest BCUT2D eigenvalue weighted by atomic mass is 9.96. The summed E-state index contributed by atoms with van der Waals surface area (Å²) in [6.45, 7) is 6.13. The predicted molar refractivity (Wildman–Crippen MR) is 133 cm³/mol. The number of benzene rings is 3. The normalized spacial score (nSPS) is 14.4. The van der Waals surface area contributed by atoms with Crippen LogP contribution < -0.4 is 0 Å². The Labute approximate surface area is 183 Å². The van der Waals surface area contributed by atoms with Crippen LogP contribution in [0.4, 0.5) is 0 Å². The van der Waals surface area contributed by atoms with Crippen LogP contribution >= 0.6 is 0 Å². The zero-order valence-corrected chi connectivity index (χ0v) is 17.9. The Hall–Kier alpha value is -3.58. The topological polar surface area (TPSA) is 4.93 Å². The van der Waals surface area contributed by atoms with E-state index >= 15 is 0 Å². The van der Waals surface area contributed by atoms with Crippen molar-refractivity contribution in [1.82, 2.24) is 4.57 Å². The highest BCUT2D eigenvalue weighted by Crippen LogP contribution is 2.42. The molecule has 1 aromatic heterocycles. The minimum atomic E-state index is 1.03. The number of aromatic nitrogens is 1. The summed E-state index contributed by atoms with van der Waals surface area (Å²) in [4.78, 5) is 0. The molecule has 3 aromatic carbocycles. The lowest BCUT2D eigenvalue weighted by Gasteiger charge is -2.15. The third-order valence-corrected chi connectivity index (χ3v) is 6.78. The molecule has 6 rings (SSSR count). The molecule has 2 aliphatic rings. The number of para-hydroxylation sites is 1. The van der Waals surface area contributed by atoms with Crippen molar-refractivity contribution in [3.8, 4) is 22.3 Å². The standard InChI is InChI=1S/C30H25N/c1-3-9-20(2)31-29-15-7-6-12-26(29)27-14-8-13-25(30(27)31)23-17-16-22-18-21-10-4-5-11-24(21)28(22)19-23/h3-6,8-14,16-17,19H,1,7,15,18H2,2H3/b20-9+. The van der Waals surface area contributed by atoms with Crippen molar-refractivity contribution in [3.05, 3.63) is 108 Å². The number of rotatable bonds is 3. The molecule has 0 fully saturated rings. The van der Waals surface area contributed by atoms with Gasteiger partial charge in [0.25, 0.3) is 0 Å². The average Bonchev–Trinajstić information content (AvgIpc) is 3.34. The van der Waals surface area contributed by atoms with Crippen molar-refractivity contribution in [1.29, 1.82) is 0 Å². The van der Waals surface area contributed by atoms with Crippen LogP contribution in [-0.2, 0) is 12.8 Å². The van der Waals surface area contributed by atoms with Gasteiger partial charge in [-0.2, -0.15) is 0 Å². The molecule has 4 aromatic rings. The van der Waals surface area contributed by atoms with Crippen molar-refractivity contribution in [3.63, 3.8) is 0 Å². The number of nitrogens with zero attached hydrogens (tertiary/aromatic N) is 1. The minimum Gasteiger partial charge on any atom is -0.316 e. The molecule has 1 nitrogen and oxygen atoms in total. The molecule has 150 valence electrons. The van der Waals surface area contributed by atoms with E-state index < -0.39 is 0 Å². The molecule has 0 unspecified atom stereocenters. The largest absolute Gasteiger partial charge is 0.316 e. The van der Waals surface area contributed by atoms with Crippen molar-refractivity contribution in [2.24, 2.45) is 0 Å². The first-order valence-electron chi connectivity index (χ1n) is 11.1. The first-order valence-corrected chi connectivity index (χ1v) is 11.1. The van der Waals surface area contributed by atoms with Gasteiger partial charge in [-0.25, -0.2) is 0 Å². The van der Waals surface area contributed by atoms with E-state index in [1.807, 2.05) is 6.08 Å². The van der Waals surface area contributed by atoms with Gasteiger partial charge in [-0.3, -0.25) is 0 Å². The van der Waals surface area contributed by atoms with Crippen molar-refractivity contribution in [2.45, 2.75) is 26.2 Å². The smallest absolute Gasteiger partial charge is 0.0612 e. The molecule has 0 spiro atoms. The van der Waals surface area contributed by atoms with Crippen LogP contribution in [0.15, 0.2) is 85.5 Å². The highest BCUT2D eigenvalue weighted by Gasteiger charge is 2.22. The van der Waals surface area contributed by atoms with Crippen molar-refractivity contribution < 1.29 is 0 Å². The molecule has 0 atom stereocenters. The Kier molecular flexibility index (Phi) is 4.11. The lowest BCUT2D eigenvalue weighted by molar-refractivity contribution is 0.895. The second-order valence-electron chi connectivity index (χ2n) is 8.59. The quantitative estimate of drug-likeness (QED) is 0.272.